The molecule has 0 saturated carbocycles. The molecule has 13 heteroatoms. The van der Waals surface area contributed by atoms with Gasteiger partial charge in [-0.2, -0.15) is 30.0 Å². The summed E-state index contributed by atoms with van der Waals surface area (Å²) in [6.07, 6.45) is -3.16. The lowest BCUT2D eigenvalue weighted by Gasteiger charge is -2.28. The Morgan fingerprint density at radius 3 is 2.18 bits per heavy atom. The van der Waals surface area contributed by atoms with E-state index in [4.69, 9.17) is 24.7 Å². The maximum absolute atomic E-state index is 11.8. The van der Waals surface area contributed by atoms with Crippen LogP contribution in [0, 0.1) is 0 Å². The van der Waals surface area contributed by atoms with E-state index in [9.17, 15) is 18.0 Å². The number of imidazole rings is 1. The van der Waals surface area contributed by atoms with Crippen molar-refractivity contribution >= 4 is 45.7 Å². The van der Waals surface area contributed by atoms with E-state index in [1.165, 1.54) is 17.2 Å². The third kappa shape index (κ3) is 6.64. The molecule has 0 unspecified atom stereocenters. The summed E-state index contributed by atoms with van der Waals surface area (Å²) in [5, 5.41) is 12.8. The summed E-state index contributed by atoms with van der Waals surface area (Å²) in [5.74, 6) is -0.678. The molecule has 0 spiro atoms. The Bertz CT molecular complexity index is 1370. The number of aliphatic carboxylic acids is 1. The SMILES string of the molecule is CCOC(=O)c1ccc(-c2cn3nc(-c4ccc(N5CCSCC5)cc4)sc3n2)cc1.O=C(O)C(F)(F)F. The molecule has 1 saturated heterocycles. The molecule has 0 atom stereocenters. The number of hydrogen-bond acceptors (Lipinski definition) is 8. The summed E-state index contributed by atoms with van der Waals surface area (Å²) >= 11 is 3.59. The minimum Gasteiger partial charge on any atom is -0.475 e. The summed E-state index contributed by atoms with van der Waals surface area (Å²) in [6, 6.07) is 16.0. The number of esters is 1. The van der Waals surface area contributed by atoms with Crippen molar-refractivity contribution in [2.45, 2.75) is 13.1 Å². The fourth-order valence-corrected chi connectivity index (χ4v) is 5.37. The van der Waals surface area contributed by atoms with Crippen LogP contribution in [0.5, 0.6) is 0 Å². The normalized spacial score (nSPS) is 13.6. The minimum atomic E-state index is -5.08. The Labute approximate surface area is 224 Å². The fraction of sp³-hybridized carbons (Fsp3) is 0.280. The number of fused-ring (bicyclic) bond motifs is 1. The molecule has 1 N–H and O–H groups in total. The van der Waals surface area contributed by atoms with Crippen molar-refractivity contribution in [1.29, 1.82) is 0 Å². The monoisotopic (exact) mass is 564 g/mol. The van der Waals surface area contributed by atoms with Crippen LogP contribution in [-0.2, 0) is 9.53 Å². The number of halogens is 3. The van der Waals surface area contributed by atoms with Crippen LogP contribution in [-0.4, -0.2) is 69.0 Å². The van der Waals surface area contributed by atoms with Crippen molar-refractivity contribution in [2.24, 2.45) is 0 Å². The van der Waals surface area contributed by atoms with Crippen molar-refractivity contribution in [3.8, 4) is 21.8 Å². The smallest absolute Gasteiger partial charge is 0.475 e. The maximum atomic E-state index is 11.8. The van der Waals surface area contributed by atoms with Gasteiger partial charge in [-0.3, -0.25) is 0 Å². The lowest BCUT2D eigenvalue weighted by molar-refractivity contribution is -0.192. The zero-order chi connectivity index (χ0) is 27.3. The lowest BCUT2D eigenvalue weighted by Crippen LogP contribution is -2.32. The minimum absolute atomic E-state index is 0.309. The molecule has 0 amide bonds. The number of carboxylic acids is 1. The van der Waals surface area contributed by atoms with Gasteiger partial charge in [-0.1, -0.05) is 23.5 Å². The van der Waals surface area contributed by atoms with Gasteiger partial charge in [-0.05, 0) is 43.3 Å². The van der Waals surface area contributed by atoms with Gasteiger partial charge < -0.3 is 14.7 Å². The number of anilines is 1. The van der Waals surface area contributed by atoms with Crippen LogP contribution in [0.1, 0.15) is 17.3 Å². The number of hydrogen-bond donors (Lipinski definition) is 1. The zero-order valence-corrected chi connectivity index (χ0v) is 21.8. The van der Waals surface area contributed by atoms with Crippen molar-refractivity contribution in [1.82, 2.24) is 14.6 Å². The number of aromatic nitrogens is 3. The Morgan fingerprint density at radius 1 is 1.03 bits per heavy atom. The van der Waals surface area contributed by atoms with Gasteiger partial charge in [0.05, 0.1) is 24.1 Å². The number of carbonyl (C=O) groups excluding carboxylic acids is 1. The summed E-state index contributed by atoms with van der Waals surface area (Å²) in [6.45, 7) is 4.39. The number of alkyl halides is 3. The number of thioether (sulfide) groups is 1. The number of nitrogens with zero attached hydrogens (tertiary/aromatic N) is 4. The van der Waals surface area contributed by atoms with E-state index in [0.29, 0.717) is 12.2 Å². The van der Waals surface area contributed by atoms with E-state index >= 15 is 0 Å². The van der Waals surface area contributed by atoms with Crippen molar-refractivity contribution in [2.75, 3.05) is 36.1 Å². The molecule has 2 aromatic carbocycles. The van der Waals surface area contributed by atoms with Gasteiger partial charge in [0.2, 0.25) is 4.96 Å². The molecule has 38 heavy (non-hydrogen) atoms. The van der Waals surface area contributed by atoms with E-state index in [-0.39, 0.29) is 5.97 Å². The third-order valence-corrected chi connectivity index (χ3v) is 7.38. The molecule has 1 fully saturated rings. The predicted octanol–water partition coefficient (Wildman–Crippen LogP) is 5.49. The summed E-state index contributed by atoms with van der Waals surface area (Å²) < 4.78 is 38.6. The van der Waals surface area contributed by atoms with Gasteiger partial charge in [-0.25, -0.2) is 19.1 Å². The van der Waals surface area contributed by atoms with Crippen molar-refractivity contribution in [3.63, 3.8) is 0 Å². The second-order valence-electron chi connectivity index (χ2n) is 8.01. The van der Waals surface area contributed by atoms with Crippen LogP contribution in [0.25, 0.3) is 26.8 Å². The summed E-state index contributed by atoms with van der Waals surface area (Å²) in [4.78, 5) is 28.7. The largest absolute Gasteiger partial charge is 0.490 e. The van der Waals surface area contributed by atoms with Crippen LogP contribution in [0.15, 0.2) is 54.7 Å². The molecular formula is C25H23F3N4O4S2. The van der Waals surface area contributed by atoms with Gasteiger partial charge in [-0.15, -0.1) is 0 Å². The van der Waals surface area contributed by atoms with Gasteiger partial charge >= 0.3 is 18.1 Å². The van der Waals surface area contributed by atoms with Crippen LogP contribution in [0.4, 0.5) is 18.9 Å². The van der Waals surface area contributed by atoms with Crippen LogP contribution in [0.3, 0.4) is 0 Å². The molecule has 4 aromatic rings. The molecule has 8 nitrogen and oxygen atoms in total. The molecule has 200 valence electrons. The molecule has 0 aliphatic carbocycles. The second kappa shape index (κ2) is 11.9. The Morgan fingerprint density at radius 2 is 1.63 bits per heavy atom. The average molecular weight is 565 g/mol. The van der Waals surface area contributed by atoms with E-state index in [1.807, 2.05) is 34.6 Å². The molecule has 0 bridgehead atoms. The first kappa shape index (κ1) is 27.5. The lowest BCUT2D eigenvalue weighted by atomic mass is 10.1. The van der Waals surface area contributed by atoms with Crippen LogP contribution < -0.4 is 4.90 Å². The highest BCUT2D eigenvalue weighted by Gasteiger charge is 2.38. The topological polar surface area (TPSA) is 97.0 Å². The van der Waals surface area contributed by atoms with E-state index in [0.717, 1.165) is 39.9 Å². The van der Waals surface area contributed by atoms with Crippen molar-refractivity contribution < 1.29 is 32.6 Å². The van der Waals surface area contributed by atoms with Gasteiger partial charge in [0.1, 0.15) is 5.01 Å². The second-order valence-corrected chi connectivity index (χ2v) is 10.2. The highest BCUT2D eigenvalue weighted by atomic mass is 32.2. The van der Waals surface area contributed by atoms with Crippen LogP contribution >= 0.6 is 23.1 Å². The molecule has 3 heterocycles. The Hall–Kier alpha value is -3.58. The first-order chi connectivity index (χ1) is 18.2. The molecule has 1 aliphatic heterocycles. The highest BCUT2D eigenvalue weighted by Crippen LogP contribution is 2.30. The average Bonchev–Trinajstić information content (AvgIpc) is 3.49. The van der Waals surface area contributed by atoms with Gasteiger partial charge in [0, 0.05) is 41.4 Å². The number of rotatable bonds is 5. The van der Waals surface area contributed by atoms with E-state index < -0.39 is 12.1 Å². The molecule has 1 aliphatic rings. The summed E-state index contributed by atoms with van der Waals surface area (Å²) in [5.41, 5.74) is 4.69. The van der Waals surface area contributed by atoms with Crippen LogP contribution in [0.2, 0.25) is 0 Å². The quantitative estimate of drug-likeness (QED) is 0.318. The number of carbonyl (C=O) groups is 2. The first-order valence-corrected chi connectivity index (χ1v) is 13.5. The Kier molecular flexibility index (Phi) is 8.57. The van der Waals surface area contributed by atoms with Crippen molar-refractivity contribution in [3.05, 3.63) is 60.3 Å². The molecular weight excluding hydrogens is 541 g/mol. The number of benzene rings is 2. The summed E-state index contributed by atoms with van der Waals surface area (Å²) in [7, 11) is 0. The standard InChI is InChI=1S/C23H22N4O2S2.C2HF3O2/c1-2-29-22(28)18-5-3-16(4-6-18)20-15-27-23(24-20)31-21(25-27)17-7-9-19(10-8-17)26-11-13-30-14-12-26;3-2(4,5)1(6)7/h3-10,15H,2,11-14H2,1H3;(H,6,7). The third-order valence-electron chi connectivity index (χ3n) is 5.47. The number of carboxylic acid groups (broad SMARTS) is 1. The first-order valence-electron chi connectivity index (χ1n) is 11.5. The molecule has 5 rings (SSSR count). The van der Waals surface area contributed by atoms with E-state index in [1.54, 1.807) is 30.4 Å². The predicted molar refractivity (Wildman–Crippen MR) is 141 cm³/mol. The zero-order valence-electron chi connectivity index (χ0n) is 20.1. The molecule has 0 radical (unpaired) electrons. The van der Waals surface area contributed by atoms with Gasteiger partial charge in [0.15, 0.2) is 0 Å². The maximum Gasteiger partial charge on any atom is 0.490 e. The van der Waals surface area contributed by atoms with E-state index in [2.05, 4.69) is 29.2 Å². The fourth-order valence-electron chi connectivity index (χ4n) is 3.58. The Balaban J connectivity index is 0.000000426. The highest BCUT2D eigenvalue weighted by molar-refractivity contribution is 7.99. The van der Waals surface area contributed by atoms with Gasteiger partial charge in [0.25, 0.3) is 0 Å². The molecule has 2 aromatic heterocycles. The number of ether oxygens (including phenoxy) is 1.